The Morgan fingerprint density at radius 1 is 1.07 bits per heavy atom. The number of rotatable bonds is 3. The fraction of sp³-hybridized carbons (Fsp3) is 0.286. The van der Waals surface area contributed by atoms with Gasteiger partial charge in [0.05, 0.1) is 23.6 Å². The molecule has 0 spiro atoms. The van der Waals surface area contributed by atoms with Crippen LogP contribution in [0.15, 0.2) is 66.0 Å². The van der Waals surface area contributed by atoms with Crippen molar-refractivity contribution >= 4 is 16.9 Å². The monoisotopic (exact) mass is 375 g/mol. The molecule has 3 aromatic heterocycles. The van der Waals surface area contributed by atoms with E-state index < -0.39 is 0 Å². The van der Waals surface area contributed by atoms with E-state index in [0.717, 1.165) is 23.1 Å². The maximum atomic E-state index is 5.09. The summed E-state index contributed by atoms with van der Waals surface area (Å²) in [6, 6.07) is 14.7. The largest absolute Gasteiger partial charge is 0.339 e. The Balaban J connectivity index is 1.65. The molecule has 0 saturated carbocycles. The van der Waals surface area contributed by atoms with Gasteiger partial charge in [0.15, 0.2) is 5.17 Å². The molecule has 1 saturated heterocycles. The summed E-state index contributed by atoms with van der Waals surface area (Å²) >= 11 is 1.87. The Morgan fingerprint density at radius 2 is 2.00 bits per heavy atom. The van der Waals surface area contributed by atoms with Gasteiger partial charge in [0.2, 0.25) is 0 Å². The van der Waals surface area contributed by atoms with Gasteiger partial charge in [-0.2, -0.15) is 0 Å². The lowest BCUT2D eigenvalue weighted by molar-refractivity contribution is 0.312. The van der Waals surface area contributed by atoms with E-state index in [9.17, 15) is 0 Å². The highest BCUT2D eigenvalue weighted by molar-refractivity contribution is 8.14. The molecule has 2 aliphatic heterocycles. The van der Waals surface area contributed by atoms with E-state index in [2.05, 4.69) is 57.5 Å². The lowest BCUT2D eigenvalue weighted by atomic mass is 10.0. The SMILES string of the molecule is Cc1ccc([C@@H]2[C@@H](c3ccccn3)N=C3S[C@H](C)CN32)n1-c1cccnc1. The molecule has 2 aliphatic rings. The first-order valence-corrected chi connectivity index (χ1v) is 10.1. The maximum absolute atomic E-state index is 5.09. The van der Waals surface area contributed by atoms with Crippen LogP contribution < -0.4 is 0 Å². The summed E-state index contributed by atoms with van der Waals surface area (Å²) in [6.07, 6.45) is 5.59. The van der Waals surface area contributed by atoms with Crippen molar-refractivity contribution in [3.8, 4) is 5.69 Å². The first-order chi connectivity index (χ1) is 13.2. The first-order valence-electron chi connectivity index (χ1n) is 9.23. The van der Waals surface area contributed by atoms with Crippen LogP contribution in [-0.4, -0.2) is 36.4 Å². The minimum Gasteiger partial charge on any atom is -0.339 e. The van der Waals surface area contributed by atoms with Crippen LogP contribution in [0.2, 0.25) is 0 Å². The third kappa shape index (κ3) is 2.75. The summed E-state index contributed by atoms with van der Waals surface area (Å²) in [5.74, 6) is 0. The van der Waals surface area contributed by atoms with E-state index in [0.29, 0.717) is 5.25 Å². The van der Waals surface area contributed by atoms with Gasteiger partial charge in [0.25, 0.3) is 0 Å². The number of hydrogen-bond acceptors (Lipinski definition) is 5. The van der Waals surface area contributed by atoms with E-state index in [1.165, 1.54) is 11.4 Å². The number of pyridine rings is 2. The zero-order chi connectivity index (χ0) is 18.4. The molecule has 0 amide bonds. The molecular formula is C21H21N5S. The van der Waals surface area contributed by atoms with Crippen molar-refractivity contribution in [2.24, 2.45) is 4.99 Å². The Labute approximate surface area is 163 Å². The van der Waals surface area contributed by atoms with Crippen molar-refractivity contribution in [3.05, 3.63) is 78.1 Å². The van der Waals surface area contributed by atoms with Gasteiger partial charge in [0, 0.05) is 35.6 Å². The third-order valence-corrected chi connectivity index (χ3v) is 6.30. The molecule has 5 rings (SSSR count). The molecule has 5 heterocycles. The van der Waals surface area contributed by atoms with Crippen LogP contribution in [0.25, 0.3) is 5.69 Å². The van der Waals surface area contributed by atoms with Crippen LogP contribution in [-0.2, 0) is 0 Å². The van der Waals surface area contributed by atoms with Gasteiger partial charge in [0.1, 0.15) is 6.04 Å². The highest BCUT2D eigenvalue weighted by Gasteiger charge is 2.44. The van der Waals surface area contributed by atoms with Crippen molar-refractivity contribution in [2.75, 3.05) is 6.54 Å². The molecule has 0 bridgehead atoms. The molecule has 0 N–H and O–H groups in total. The first kappa shape index (κ1) is 16.6. The maximum Gasteiger partial charge on any atom is 0.160 e. The van der Waals surface area contributed by atoms with Gasteiger partial charge in [-0.05, 0) is 43.3 Å². The summed E-state index contributed by atoms with van der Waals surface area (Å²) in [7, 11) is 0. The van der Waals surface area contributed by atoms with Gasteiger partial charge in [-0.25, -0.2) is 0 Å². The average Bonchev–Trinajstić information content (AvgIpc) is 3.34. The number of aromatic nitrogens is 3. The zero-order valence-electron chi connectivity index (χ0n) is 15.4. The molecular weight excluding hydrogens is 354 g/mol. The van der Waals surface area contributed by atoms with Crippen molar-refractivity contribution in [3.63, 3.8) is 0 Å². The molecule has 3 atom stereocenters. The number of hydrogen-bond donors (Lipinski definition) is 0. The van der Waals surface area contributed by atoms with Gasteiger partial charge in [-0.1, -0.05) is 24.8 Å². The standard InChI is InChI=1S/C21H21N5S/c1-14-8-9-18(26(14)16-6-5-10-22-12-16)20-19(17-7-3-4-11-23-17)24-21-25(20)13-15(2)27-21/h3-12,15,19-20H,13H2,1-2H3/t15-,19-,20-/m1/s1. The van der Waals surface area contributed by atoms with Crippen molar-refractivity contribution in [1.82, 2.24) is 19.4 Å². The van der Waals surface area contributed by atoms with Crippen LogP contribution in [0, 0.1) is 6.92 Å². The summed E-state index contributed by atoms with van der Waals surface area (Å²) in [6.45, 7) is 5.42. The lowest BCUT2D eigenvalue weighted by Crippen LogP contribution is -2.30. The molecule has 1 fully saturated rings. The van der Waals surface area contributed by atoms with E-state index in [1.54, 1.807) is 0 Å². The Hall–Kier alpha value is -2.60. The smallest absolute Gasteiger partial charge is 0.160 e. The minimum atomic E-state index is 0.00548. The van der Waals surface area contributed by atoms with Crippen LogP contribution >= 0.6 is 11.8 Å². The van der Waals surface area contributed by atoms with Crippen molar-refractivity contribution in [2.45, 2.75) is 31.2 Å². The fourth-order valence-electron chi connectivity index (χ4n) is 4.07. The molecule has 0 aromatic carbocycles. The number of aryl methyl sites for hydroxylation is 1. The second kappa shape index (κ2) is 6.53. The summed E-state index contributed by atoms with van der Waals surface area (Å²) in [5.41, 5.74) is 4.55. The number of fused-ring (bicyclic) bond motifs is 1. The van der Waals surface area contributed by atoms with Gasteiger partial charge >= 0.3 is 0 Å². The Morgan fingerprint density at radius 3 is 2.78 bits per heavy atom. The summed E-state index contributed by atoms with van der Waals surface area (Å²) in [4.78, 5) is 16.5. The van der Waals surface area contributed by atoms with Crippen LogP contribution in [0.5, 0.6) is 0 Å². The van der Waals surface area contributed by atoms with Crippen molar-refractivity contribution in [1.29, 1.82) is 0 Å². The number of amidine groups is 1. The number of aliphatic imine (C=N–C) groups is 1. The van der Waals surface area contributed by atoms with E-state index in [-0.39, 0.29) is 12.1 Å². The van der Waals surface area contributed by atoms with Crippen LogP contribution in [0.3, 0.4) is 0 Å². The second-order valence-electron chi connectivity index (χ2n) is 7.08. The molecule has 136 valence electrons. The minimum absolute atomic E-state index is 0.00548. The quantitative estimate of drug-likeness (QED) is 0.689. The average molecular weight is 376 g/mol. The van der Waals surface area contributed by atoms with E-state index >= 15 is 0 Å². The fourth-order valence-corrected chi connectivity index (χ4v) is 5.16. The highest BCUT2D eigenvalue weighted by atomic mass is 32.2. The Kier molecular flexibility index (Phi) is 4.01. The summed E-state index contributed by atoms with van der Waals surface area (Å²) < 4.78 is 2.31. The molecule has 3 aromatic rings. The summed E-state index contributed by atoms with van der Waals surface area (Å²) in [5, 5.41) is 1.69. The van der Waals surface area contributed by atoms with Crippen LogP contribution in [0.1, 0.15) is 36.1 Å². The predicted molar refractivity (Wildman–Crippen MR) is 109 cm³/mol. The molecule has 27 heavy (non-hydrogen) atoms. The van der Waals surface area contributed by atoms with Gasteiger partial charge in [-0.15, -0.1) is 0 Å². The van der Waals surface area contributed by atoms with Gasteiger partial charge < -0.3 is 9.47 Å². The zero-order valence-corrected chi connectivity index (χ0v) is 16.2. The lowest BCUT2D eigenvalue weighted by Gasteiger charge is -2.28. The normalized spacial score (nSPS) is 24.1. The topological polar surface area (TPSA) is 46.3 Å². The second-order valence-corrected chi connectivity index (χ2v) is 8.49. The van der Waals surface area contributed by atoms with Gasteiger partial charge in [-0.3, -0.25) is 15.0 Å². The van der Waals surface area contributed by atoms with Crippen LogP contribution in [0.4, 0.5) is 0 Å². The third-order valence-electron chi connectivity index (χ3n) is 5.19. The molecule has 0 unspecified atom stereocenters. The number of thioether (sulfide) groups is 1. The molecule has 6 heteroatoms. The molecule has 0 radical (unpaired) electrons. The number of nitrogens with zero attached hydrogens (tertiary/aromatic N) is 5. The van der Waals surface area contributed by atoms with Crippen molar-refractivity contribution < 1.29 is 0 Å². The van der Waals surface area contributed by atoms with E-state index in [4.69, 9.17) is 4.99 Å². The Bertz CT molecular complexity index is 982. The molecule has 0 aliphatic carbocycles. The molecule has 5 nitrogen and oxygen atoms in total. The highest BCUT2D eigenvalue weighted by Crippen LogP contribution is 2.48. The van der Waals surface area contributed by atoms with E-state index in [1.807, 2.05) is 48.6 Å². The predicted octanol–water partition coefficient (Wildman–Crippen LogP) is 4.17.